The molecule has 2 aromatic heterocycles. The zero-order valence-electron chi connectivity index (χ0n) is 24.0. The molecule has 5 aromatic rings. The first-order valence-corrected chi connectivity index (χ1v) is 14.6. The minimum absolute atomic E-state index is 0.103. The lowest BCUT2D eigenvalue weighted by Crippen LogP contribution is -2.35. The number of nitrogens with two attached hydrogens (primary N) is 1. The van der Waals surface area contributed by atoms with Crippen LogP contribution in [0.1, 0.15) is 10.4 Å². The summed E-state index contributed by atoms with van der Waals surface area (Å²) in [5.41, 5.74) is 6.00. The maximum atomic E-state index is 14.9. The number of hydrogen-bond donors (Lipinski definition) is 1. The first-order valence-electron chi connectivity index (χ1n) is 13.2. The van der Waals surface area contributed by atoms with Gasteiger partial charge in [0.1, 0.15) is 39.8 Å². The van der Waals surface area contributed by atoms with E-state index in [1.807, 2.05) is 30.3 Å². The van der Waals surface area contributed by atoms with Crippen LogP contribution in [0.25, 0.3) is 22.3 Å². The van der Waals surface area contributed by atoms with Crippen LogP contribution in [0.2, 0.25) is 0 Å². The van der Waals surface area contributed by atoms with Gasteiger partial charge < -0.3 is 15.4 Å². The summed E-state index contributed by atoms with van der Waals surface area (Å²) in [6, 6.07) is 16.1. The second kappa shape index (κ2) is 12.1. The normalized spacial score (nSPS) is 11.7. The second-order valence-electron chi connectivity index (χ2n) is 9.94. The van der Waals surface area contributed by atoms with Gasteiger partial charge in [-0.3, -0.25) is 4.79 Å². The monoisotopic (exact) mass is 643 g/mol. The van der Waals surface area contributed by atoms with Crippen molar-refractivity contribution in [2.24, 2.45) is 0 Å². The van der Waals surface area contributed by atoms with Crippen LogP contribution in [-0.2, 0) is 16.6 Å². The van der Waals surface area contributed by atoms with Crippen LogP contribution in [0.4, 0.5) is 23.4 Å². The molecule has 11 nitrogen and oxygen atoms in total. The van der Waals surface area contributed by atoms with Crippen LogP contribution in [0, 0.1) is 23.3 Å². The third-order valence-electron chi connectivity index (χ3n) is 6.84. The van der Waals surface area contributed by atoms with Gasteiger partial charge in [-0.25, -0.2) is 44.9 Å². The molecule has 0 bridgehead atoms. The first kappa shape index (κ1) is 31.3. The molecule has 0 aliphatic heterocycles. The number of carbonyl (C=O) groups excluding carboxylic acids is 1. The lowest BCUT2D eigenvalue weighted by Gasteiger charge is -2.21. The van der Waals surface area contributed by atoms with Gasteiger partial charge in [0.25, 0.3) is 5.91 Å². The van der Waals surface area contributed by atoms with Gasteiger partial charge in [-0.05, 0) is 36.4 Å². The van der Waals surface area contributed by atoms with Gasteiger partial charge in [-0.1, -0.05) is 18.2 Å². The molecule has 0 spiro atoms. The number of para-hydroxylation sites is 1. The molecule has 2 N–H and O–H groups in total. The molecular formula is C29H25F4N7O4S. The second-order valence-corrected chi connectivity index (χ2v) is 12.0. The number of aromatic nitrogens is 4. The third-order valence-corrected chi connectivity index (χ3v) is 8.70. The van der Waals surface area contributed by atoms with E-state index < -0.39 is 49.7 Å². The lowest BCUT2D eigenvalue weighted by atomic mass is 10.1. The van der Waals surface area contributed by atoms with Gasteiger partial charge in [0.15, 0.2) is 28.9 Å². The number of hydrogen-bond acceptors (Lipinski definition) is 8. The molecule has 0 aliphatic carbocycles. The number of halogens is 4. The molecule has 0 unspecified atom stereocenters. The summed E-state index contributed by atoms with van der Waals surface area (Å²) in [5, 5.41) is 4.98. The predicted molar refractivity (Wildman–Crippen MR) is 156 cm³/mol. The molecule has 0 aliphatic rings. The summed E-state index contributed by atoms with van der Waals surface area (Å²) in [6.07, 6.45) is 1.21. The topological polar surface area (TPSA) is 137 Å². The fourth-order valence-corrected chi connectivity index (χ4v) is 5.57. The number of sulfonamides is 1. The van der Waals surface area contributed by atoms with Crippen LogP contribution in [-0.4, -0.2) is 71.0 Å². The van der Waals surface area contributed by atoms with Crippen LogP contribution in [0.5, 0.6) is 11.5 Å². The van der Waals surface area contributed by atoms with Gasteiger partial charge in [0, 0.05) is 33.3 Å². The molecule has 1 amide bonds. The van der Waals surface area contributed by atoms with E-state index in [4.69, 9.17) is 10.5 Å². The van der Waals surface area contributed by atoms with Crippen molar-refractivity contribution in [2.45, 2.75) is 11.4 Å². The zero-order valence-corrected chi connectivity index (χ0v) is 24.8. The predicted octanol–water partition coefficient (Wildman–Crippen LogP) is 4.45. The molecule has 0 saturated heterocycles. The molecule has 0 radical (unpaired) electrons. The van der Waals surface area contributed by atoms with Gasteiger partial charge >= 0.3 is 0 Å². The molecule has 234 valence electrons. The number of benzene rings is 3. The molecule has 5 rings (SSSR count). The van der Waals surface area contributed by atoms with Crippen molar-refractivity contribution in [1.82, 2.24) is 29.0 Å². The number of likely N-dealkylation sites (N-methyl/N-ethyl adjacent to an activating group) is 1. The van der Waals surface area contributed by atoms with Gasteiger partial charge in [0.2, 0.25) is 10.0 Å². The molecule has 0 atom stereocenters. The van der Waals surface area contributed by atoms with Crippen LogP contribution in [0.3, 0.4) is 0 Å². The van der Waals surface area contributed by atoms with E-state index in [2.05, 4.69) is 15.1 Å². The minimum atomic E-state index is -4.92. The maximum Gasteiger partial charge on any atom is 0.258 e. The lowest BCUT2D eigenvalue weighted by molar-refractivity contribution is 0.0777. The van der Waals surface area contributed by atoms with Crippen molar-refractivity contribution in [3.05, 3.63) is 89.8 Å². The number of rotatable bonds is 9. The van der Waals surface area contributed by atoms with Gasteiger partial charge in [-0.15, -0.1) is 0 Å². The fraction of sp³-hybridized carbons (Fsp3) is 0.172. The van der Waals surface area contributed by atoms with Crippen LogP contribution >= 0.6 is 0 Å². The Morgan fingerprint density at radius 3 is 2.16 bits per heavy atom. The van der Waals surface area contributed by atoms with Crippen molar-refractivity contribution in [1.29, 1.82) is 0 Å². The van der Waals surface area contributed by atoms with E-state index in [0.717, 1.165) is 26.0 Å². The summed E-state index contributed by atoms with van der Waals surface area (Å²) in [7, 11) is -1.85. The standard InChI is InChI=1S/C29H25F4N7O4S/c1-38(2)45(42,43)26-19(21(30)22(31)23(32)24(26)33)29(41)39(3)13-14-40-28-20(27(34)35-15-36-28)25(37-40)16-9-11-18(12-10-16)44-17-7-5-4-6-8-17/h4-12,15H,13-14H2,1-3H3,(H2,34,35,36). The average Bonchev–Trinajstić information content (AvgIpc) is 3.40. The van der Waals surface area contributed by atoms with E-state index >= 15 is 0 Å². The van der Waals surface area contributed by atoms with E-state index in [1.165, 1.54) is 11.0 Å². The number of anilines is 1. The van der Waals surface area contributed by atoms with E-state index in [-0.39, 0.29) is 24.6 Å². The molecule has 0 fully saturated rings. The first-order chi connectivity index (χ1) is 21.3. The number of nitrogens with zero attached hydrogens (tertiary/aromatic N) is 6. The number of amides is 1. The van der Waals surface area contributed by atoms with Crippen molar-refractivity contribution in [2.75, 3.05) is 33.4 Å². The highest BCUT2D eigenvalue weighted by molar-refractivity contribution is 7.89. The summed E-state index contributed by atoms with van der Waals surface area (Å²) in [4.78, 5) is 20.8. The van der Waals surface area contributed by atoms with Crippen molar-refractivity contribution in [3.8, 4) is 22.8 Å². The molecule has 3 aromatic carbocycles. The van der Waals surface area contributed by atoms with Crippen molar-refractivity contribution >= 4 is 32.8 Å². The number of fused-ring (bicyclic) bond motifs is 1. The molecular weight excluding hydrogens is 618 g/mol. The SMILES string of the molecule is CN(CCn1nc(-c2ccc(Oc3ccccc3)cc2)c2c(N)ncnc21)C(=O)c1c(F)c(F)c(F)c(F)c1S(=O)(=O)N(C)C. The Bertz CT molecular complexity index is 2020. The minimum Gasteiger partial charge on any atom is -0.457 e. The Hall–Kier alpha value is -5.09. The summed E-state index contributed by atoms with van der Waals surface area (Å²) in [5.74, 6) is -9.12. The number of nitrogen functional groups attached to an aromatic ring is 1. The Morgan fingerprint density at radius 2 is 1.51 bits per heavy atom. The van der Waals surface area contributed by atoms with Crippen molar-refractivity contribution in [3.63, 3.8) is 0 Å². The zero-order chi connectivity index (χ0) is 32.6. The van der Waals surface area contributed by atoms with Gasteiger partial charge in [0.05, 0.1) is 11.9 Å². The third kappa shape index (κ3) is 5.76. The Morgan fingerprint density at radius 1 is 0.889 bits per heavy atom. The van der Waals surface area contributed by atoms with Gasteiger partial charge in [-0.2, -0.15) is 5.10 Å². The van der Waals surface area contributed by atoms with E-state index in [1.54, 1.807) is 24.3 Å². The summed E-state index contributed by atoms with van der Waals surface area (Å²) in [6.45, 7) is -0.377. The van der Waals surface area contributed by atoms with Crippen LogP contribution in [0.15, 0.2) is 65.8 Å². The fourth-order valence-electron chi connectivity index (χ4n) is 4.46. The Balaban J connectivity index is 1.45. The Kier molecular flexibility index (Phi) is 8.44. The van der Waals surface area contributed by atoms with E-state index in [9.17, 15) is 30.8 Å². The van der Waals surface area contributed by atoms with E-state index in [0.29, 0.717) is 32.4 Å². The Labute approximate surface area is 254 Å². The highest BCUT2D eigenvalue weighted by atomic mass is 32.2. The number of ether oxygens (including phenoxy) is 1. The largest absolute Gasteiger partial charge is 0.457 e. The molecule has 2 heterocycles. The molecule has 0 saturated carbocycles. The quantitative estimate of drug-likeness (QED) is 0.141. The summed E-state index contributed by atoms with van der Waals surface area (Å²) >= 11 is 0. The summed E-state index contributed by atoms with van der Waals surface area (Å²) < 4.78 is 91.0. The van der Waals surface area contributed by atoms with Crippen molar-refractivity contribution < 1.29 is 35.5 Å². The maximum absolute atomic E-state index is 14.9. The highest BCUT2D eigenvalue weighted by Gasteiger charge is 2.38. The molecule has 45 heavy (non-hydrogen) atoms. The number of carbonyl (C=O) groups is 1. The average molecular weight is 644 g/mol. The van der Waals surface area contributed by atoms with Crippen LogP contribution < -0.4 is 10.5 Å². The molecule has 16 heteroatoms. The highest BCUT2D eigenvalue weighted by Crippen LogP contribution is 2.33. The smallest absolute Gasteiger partial charge is 0.258 e.